The third-order valence-corrected chi connectivity index (χ3v) is 8.36. The number of ether oxygens (including phenoxy) is 1. The van der Waals surface area contributed by atoms with E-state index in [1.807, 2.05) is 48.3 Å². The number of hydrazine groups is 1. The van der Waals surface area contributed by atoms with Crippen molar-refractivity contribution in [3.8, 4) is 0 Å². The number of urea groups is 2. The topological polar surface area (TPSA) is 123 Å². The summed E-state index contributed by atoms with van der Waals surface area (Å²) in [6.07, 6.45) is 6.99. The van der Waals surface area contributed by atoms with Crippen LogP contribution >= 0.6 is 0 Å². The third-order valence-electron chi connectivity index (χ3n) is 8.36. The predicted octanol–water partition coefficient (Wildman–Crippen LogP) is 3.95. The van der Waals surface area contributed by atoms with Gasteiger partial charge in [-0.25, -0.2) is 19.4 Å². The monoisotopic (exact) mass is 559 g/mol. The molecule has 41 heavy (non-hydrogen) atoms. The number of nitrogens with one attached hydrogen (secondary N) is 3. The van der Waals surface area contributed by atoms with E-state index in [1.54, 1.807) is 16.1 Å². The zero-order chi connectivity index (χ0) is 28.3. The van der Waals surface area contributed by atoms with Crippen LogP contribution in [0.3, 0.4) is 0 Å². The van der Waals surface area contributed by atoms with Crippen molar-refractivity contribution < 1.29 is 19.1 Å². The zero-order valence-corrected chi connectivity index (χ0v) is 23.4. The summed E-state index contributed by atoms with van der Waals surface area (Å²) in [6.45, 7) is 4.37. The number of carbonyl (C=O) groups excluding carboxylic acids is 3. The van der Waals surface area contributed by atoms with Crippen LogP contribution < -0.4 is 10.6 Å². The molecule has 3 heterocycles. The van der Waals surface area contributed by atoms with E-state index in [-0.39, 0.29) is 18.2 Å². The number of aryl methyl sites for hydroxylation is 1. The lowest BCUT2D eigenvalue weighted by Gasteiger charge is -2.42. The Bertz CT molecular complexity index is 1430. The molecule has 0 radical (unpaired) electrons. The van der Waals surface area contributed by atoms with Crippen LogP contribution in [0.15, 0.2) is 42.6 Å². The number of para-hydroxylation sites is 1. The fourth-order valence-corrected chi connectivity index (χ4v) is 6.09. The fourth-order valence-electron chi connectivity index (χ4n) is 6.09. The molecule has 3 aromatic rings. The number of nitrogens with zero attached hydrogens (tertiary/aromatic N) is 4. The Hall–Kier alpha value is -4.12. The maximum atomic E-state index is 13.4. The number of fused-ring (bicyclic) bond motifs is 2. The molecule has 1 aliphatic carbocycles. The molecule has 3 aliphatic rings. The number of carbonyl (C=O) groups is 3. The molecular formula is C30H37N7O4. The summed E-state index contributed by atoms with van der Waals surface area (Å²) in [5.41, 5.74) is 4.81. The van der Waals surface area contributed by atoms with E-state index in [0.29, 0.717) is 39.1 Å². The van der Waals surface area contributed by atoms with Crippen LogP contribution in [-0.2, 0) is 22.5 Å². The lowest BCUT2D eigenvalue weighted by molar-refractivity contribution is -0.152. The van der Waals surface area contributed by atoms with Gasteiger partial charge in [0.15, 0.2) is 0 Å². The molecule has 1 saturated heterocycles. The summed E-state index contributed by atoms with van der Waals surface area (Å²) in [7, 11) is 0. The minimum Gasteiger partial charge on any atom is -0.461 e. The lowest BCUT2D eigenvalue weighted by atomic mass is 9.97. The Morgan fingerprint density at radius 1 is 1.10 bits per heavy atom. The van der Waals surface area contributed by atoms with Gasteiger partial charge in [-0.2, -0.15) is 5.10 Å². The second-order valence-corrected chi connectivity index (χ2v) is 11.2. The number of H-pyrrole nitrogens is 1. The first-order valence-corrected chi connectivity index (χ1v) is 14.5. The van der Waals surface area contributed by atoms with Gasteiger partial charge in [-0.05, 0) is 61.4 Å². The number of esters is 1. The molecule has 3 N–H and O–H groups in total. The van der Waals surface area contributed by atoms with Gasteiger partial charge in [0.2, 0.25) is 0 Å². The fraction of sp³-hybridized carbons (Fsp3) is 0.467. The first-order valence-electron chi connectivity index (χ1n) is 14.5. The summed E-state index contributed by atoms with van der Waals surface area (Å²) in [6, 6.07) is 10.5. The van der Waals surface area contributed by atoms with E-state index >= 15 is 0 Å². The Kier molecular flexibility index (Phi) is 7.78. The predicted molar refractivity (Wildman–Crippen MR) is 154 cm³/mol. The summed E-state index contributed by atoms with van der Waals surface area (Å²) in [4.78, 5) is 41.3. The van der Waals surface area contributed by atoms with E-state index in [2.05, 4.69) is 20.8 Å². The van der Waals surface area contributed by atoms with E-state index < -0.39 is 12.0 Å². The number of aromatic amines is 1. The average molecular weight is 560 g/mol. The van der Waals surface area contributed by atoms with Gasteiger partial charge in [0.1, 0.15) is 12.1 Å². The SMILES string of the molecule is Cc1cc(CC(NC(=O)N2CCN(N3Cc4ccccc4NC3=O)CC2)C(=O)OC2CCCCC2)cc2cn[nH]c12. The Morgan fingerprint density at radius 3 is 2.68 bits per heavy atom. The van der Waals surface area contributed by atoms with E-state index in [1.165, 1.54) is 0 Å². The largest absolute Gasteiger partial charge is 0.461 e. The van der Waals surface area contributed by atoms with Gasteiger partial charge in [-0.3, -0.25) is 10.1 Å². The van der Waals surface area contributed by atoms with Crippen molar-refractivity contribution in [3.05, 3.63) is 59.3 Å². The molecule has 2 aromatic carbocycles. The molecule has 6 rings (SSSR count). The van der Waals surface area contributed by atoms with Gasteiger partial charge in [0.05, 0.1) is 18.3 Å². The molecule has 1 unspecified atom stereocenters. The number of amides is 4. The van der Waals surface area contributed by atoms with Crippen LogP contribution in [0.4, 0.5) is 15.3 Å². The van der Waals surface area contributed by atoms with Crippen molar-refractivity contribution >= 4 is 34.6 Å². The Labute approximate surface area is 239 Å². The maximum absolute atomic E-state index is 13.4. The van der Waals surface area contributed by atoms with Crippen molar-refractivity contribution in [1.29, 1.82) is 0 Å². The first kappa shape index (κ1) is 27.1. The minimum absolute atomic E-state index is 0.0990. The molecule has 0 spiro atoms. The van der Waals surface area contributed by atoms with Gasteiger partial charge < -0.3 is 20.3 Å². The highest BCUT2D eigenvalue weighted by atomic mass is 16.5. The first-order chi connectivity index (χ1) is 19.9. The summed E-state index contributed by atoms with van der Waals surface area (Å²) >= 11 is 0. The van der Waals surface area contributed by atoms with Gasteiger partial charge in [-0.15, -0.1) is 0 Å². The van der Waals surface area contributed by atoms with E-state index in [4.69, 9.17) is 4.74 Å². The van der Waals surface area contributed by atoms with Crippen molar-refractivity contribution in [2.24, 2.45) is 0 Å². The lowest BCUT2D eigenvalue weighted by Crippen LogP contribution is -2.60. The summed E-state index contributed by atoms with van der Waals surface area (Å²) < 4.78 is 5.90. The van der Waals surface area contributed by atoms with Gasteiger partial charge in [0, 0.05) is 43.7 Å². The van der Waals surface area contributed by atoms with Crippen molar-refractivity contribution in [2.45, 2.75) is 64.1 Å². The summed E-state index contributed by atoms with van der Waals surface area (Å²) in [5.74, 6) is -0.391. The highest BCUT2D eigenvalue weighted by molar-refractivity contribution is 5.92. The number of hydrogen-bond donors (Lipinski definition) is 3. The number of benzene rings is 2. The molecule has 216 valence electrons. The van der Waals surface area contributed by atoms with E-state index in [0.717, 1.165) is 65.4 Å². The highest BCUT2D eigenvalue weighted by Crippen LogP contribution is 2.25. The van der Waals surface area contributed by atoms with Crippen molar-refractivity contribution in [3.63, 3.8) is 0 Å². The number of anilines is 1. The molecule has 2 fully saturated rings. The van der Waals surface area contributed by atoms with Crippen molar-refractivity contribution in [1.82, 2.24) is 30.4 Å². The Balaban J connectivity index is 1.11. The maximum Gasteiger partial charge on any atom is 0.336 e. The molecule has 1 aromatic heterocycles. The average Bonchev–Trinajstić information content (AvgIpc) is 3.46. The highest BCUT2D eigenvalue weighted by Gasteiger charge is 2.33. The number of hydrogen-bond acceptors (Lipinski definition) is 6. The molecule has 0 bridgehead atoms. The molecule has 1 saturated carbocycles. The van der Waals surface area contributed by atoms with Crippen LogP contribution in [0.2, 0.25) is 0 Å². The van der Waals surface area contributed by atoms with Crippen LogP contribution in [0.1, 0.15) is 48.8 Å². The van der Waals surface area contributed by atoms with Gasteiger partial charge >= 0.3 is 18.0 Å². The molecule has 11 nitrogen and oxygen atoms in total. The van der Waals surface area contributed by atoms with E-state index in [9.17, 15) is 14.4 Å². The molecule has 1 atom stereocenters. The van der Waals surface area contributed by atoms with Crippen LogP contribution in [0.5, 0.6) is 0 Å². The minimum atomic E-state index is -0.810. The van der Waals surface area contributed by atoms with Gasteiger partial charge in [-0.1, -0.05) is 30.7 Å². The third kappa shape index (κ3) is 6.00. The number of piperazine rings is 1. The van der Waals surface area contributed by atoms with Gasteiger partial charge in [0.25, 0.3) is 0 Å². The number of rotatable bonds is 6. The molecular weight excluding hydrogens is 522 g/mol. The quantitative estimate of drug-likeness (QED) is 0.393. The van der Waals surface area contributed by atoms with Crippen LogP contribution in [0, 0.1) is 6.92 Å². The molecule has 11 heteroatoms. The Morgan fingerprint density at radius 2 is 1.88 bits per heavy atom. The van der Waals surface area contributed by atoms with Crippen molar-refractivity contribution in [2.75, 3.05) is 31.5 Å². The smallest absolute Gasteiger partial charge is 0.336 e. The zero-order valence-electron chi connectivity index (χ0n) is 23.4. The second-order valence-electron chi connectivity index (χ2n) is 11.2. The van der Waals surface area contributed by atoms with Crippen LogP contribution in [-0.4, -0.2) is 81.5 Å². The second kappa shape index (κ2) is 11.8. The standard InChI is InChI=1S/C30H37N7O4/c1-20-15-21(16-23-18-31-34-27(20)23)17-26(28(38)41-24-8-3-2-4-9-24)33-29(39)35-11-13-36(14-12-35)37-19-22-7-5-6-10-25(22)32-30(37)40/h5-7,10,15-16,18,24,26H,2-4,8-9,11-14,17,19H2,1H3,(H,31,34)(H,32,40)(H,33,39). The molecule has 4 amide bonds. The number of aromatic nitrogens is 2. The summed E-state index contributed by atoms with van der Waals surface area (Å²) in [5, 5.41) is 17.7. The normalized spacial score (nSPS) is 19.0. The van der Waals surface area contributed by atoms with Crippen LogP contribution in [0.25, 0.3) is 10.9 Å². The molecule has 2 aliphatic heterocycles.